The van der Waals surface area contributed by atoms with Gasteiger partial charge in [0.2, 0.25) is 0 Å². The number of carboxylic acids is 1. The second-order valence-electron chi connectivity index (χ2n) is 11.1. The van der Waals surface area contributed by atoms with Crippen molar-refractivity contribution < 1.29 is 19.5 Å². The highest BCUT2D eigenvalue weighted by Crippen LogP contribution is 2.36. The quantitative estimate of drug-likeness (QED) is 0.446. The van der Waals surface area contributed by atoms with Crippen molar-refractivity contribution in [3.8, 4) is 0 Å². The molecule has 1 amide bonds. The number of rotatable bonds is 7. The second-order valence-corrected chi connectivity index (χ2v) is 11.1. The minimum atomic E-state index is -1.20. The van der Waals surface area contributed by atoms with E-state index in [1.807, 2.05) is 32.9 Å². The summed E-state index contributed by atoms with van der Waals surface area (Å²) < 4.78 is 1.74. The highest BCUT2D eigenvalue weighted by atomic mass is 16.4. The first-order chi connectivity index (χ1) is 16.2. The van der Waals surface area contributed by atoms with Crippen molar-refractivity contribution in [1.82, 2.24) is 9.38 Å². The lowest BCUT2D eigenvalue weighted by Crippen LogP contribution is -2.32. The third-order valence-corrected chi connectivity index (χ3v) is 6.34. The Balaban J connectivity index is 2.42. The molecule has 0 spiro atoms. The van der Waals surface area contributed by atoms with E-state index in [-0.39, 0.29) is 29.7 Å². The van der Waals surface area contributed by atoms with Crippen LogP contribution in [0.4, 0.5) is 5.82 Å². The van der Waals surface area contributed by atoms with Crippen molar-refractivity contribution in [3.05, 3.63) is 65.1 Å². The number of Topliss-reactive ketones (excluding diaryl/α,β-unsaturated/α-hetero) is 1. The van der Waals surface area contributed by atoms with Gasteiger partial charge in [0.25, 0.3) is 5.91 Å². The van der Waals surface area contributed by atoms with E-state index in [9.17, 15) is 19.5 Å². The predicted molar refractivity (Wildman–Crippen MR) is 137 cm³/mol. The Bertz CT molecular complexity index is 1280. The molecule has 0 unspecified atom stereocenters. The van der Waals surface area contributed by atoms with Gasteiger partial charge in [-0.25, -0.2) is 4.98 Å². The zero-order chi connectivity index (χ0) is 26.3. The van der Waals surface area contributed by atoms with Gasteiger partial charge in [0.05, 0.1) is 10.9 Å². The number of hydrogen-bond acceptors (Lipinski definition) is 4. The second kappa shape index (κ2) is 9.29. The van der Waals surface area contributed by atoms with Crippen LogP contribution < -0.4 is 4.90 Å². The van der Waals surface area contributed by atoms with E-state index < -0.39 is 16.8 Å². The standard InChI is InChI=1S/C28H35N3O4/c1-17(2)18-12-14-31-20(15-18)22(24(32)27(3,4)5)19(16-28(6,7)26(34)35)23(31)25(33)30(8)21-11-9-10-13-29-21/h9-15,17H,16H2,1-8H3,(H,34,35). The summed E-state index contributed by atoms with van der Waals surface area (Å²) in [7, 11) is 1.63. The fourth-order valence-corrected chi connectivity index (χ4v) is 4.05. The Kier molecular flexibility index (Phi) is 6.93. The molecule has 0 fully saturated rings. The van der Waals surface area contributed by atoms with Crippen molar-refractivity contribution >= 4 is 29.0 Å². The van der Waals surface area contributed by atoms with Crippen LogP contribution in [0, 0.1) is 10.8 Å². The first-order valence-electron chi connectivity index (χ1n) is 11.8. The lowest BCUT2D eigenvalue weighted by Gasteiger charge is -2.23. The van der Waals surface area contributed by atoms with Crippen LogP contribution in [0.25, 0.3) is 5.52 Å². The molecule has 0 aromatic carbocycles. The smallest absolute Gasteiger partial charge is 0.309 e. The fourth-order valence-electron chi connectivity index (χ4n) is 4.05. The van der Waals surface area contributed by atoms with E-state index in [0.717, 1.165) is 5.56 Å². The predicted octanol–water partition coefficient (Wildman–Crippen LogP) is 5.62. The Hall–Kier alpha value is -3.48. The Morgan fingerprint density at radius 2 is 1.74 bits per heavy atom. The fraction of sp³-hybridized carbons (Fsp3) is 0.429. The molecule has 35 heavy (non-hydrogen) atoms. The number of anilines is 1. The monoisotopic (exact) mass is 477 g/mol. The van der Waals surface area contributed by atoms with Crippen LogP contribution in [0.3, 0.4) is 0 Å². The maximum absolute atomic E-state index is 13.9. The van der Waals surface area contributed by atoms with Gasteiger partial charge in [-0.2, -0.15) is 0 Å². The average Bonchev–Trinajstić information content (AvgIpc) is 3.09. The molecule has 186 valence electrons. The Labute approximate surface area is 206 Å². The minimum absolute atomic E-state index is 0.0231. The van der Waals surface area contributed by atoms with Gasteiger partial charge in [-0.05, 0) is 61.6 Å². The first kappa shape index (κ1) is 26.1. The molecule has 3 aromatic rings. The number of amides is 1. The molecule has 7 nitrogen and oxygen atoms in total. The van der Waals surface area contributed by atoms with Crippen molar-refractivity contribution in [2.75, 3.05) is 11.9 Å². The van der Waals surface area contributed by atoms with Crippen LogP contribution in [0.15, 0.2) is 42.7 Å². The summed E-state index contributed by atoms with van der Waals surface area (Å²) in [6.07, 6.45) is 3.43. The summed E-state index contributed by atoms with van der Waals surface area (Å²) in [4.78, 5) is 45.6. The Morgan fingerprint density at radius 3 is 2.26 bits per heavy atom. The van der Waals surface area contributed by atoms with E-state index in [1.54, 1.807) is 55.9 Å². The van der Waals surface area contributed by atoms with Crippen LogP contribution in [0.2, 0.25) is 0 Å². The van der Waals surface area contributed by atoms with E-state index in [0.29, 0.717) is 22.5 Å². The molecule has 0 bridgehead atoms. The number of nitrogens with zero attached hydrogens (tertiary/aromatic N) is 3. The number of aliphatic carboxylic acids is 1. The number of carbonyl (C=O) groups excluding carboxylic acids is 2. The molecule has 3 aromatic heterocycles. The molecule has 0 aliphatic rings. The summed E-state index contributed by atoms with van der Waals surface area (Å²) in [5, 5.41) is 9.90. The molecule has 0 radical (unpaired) electrons. The molecular weight excluding hydrogens is 442 g/mol. The van der Waals surface area contributed by atoms with Crippen molar-refractivity contribution in [2.24, 2.45) is 10.8 Å². The lowest BCUT2D eigenvalue weighted by atomic mass is 9.79. The van der Waals surface area contributed by atoms with Gasteiger partial charge in [0.1, 0.15) is 11.5 Å². The third kappa shape index (κ3) is 4.99. The zero-order valence-corrected chi connectivity index (χ0v) is 21.8. The summed E-state index contributed by atoms with van der Waals surface area (Å²) in [6.45, 7) is 12.8. The van der Waals surface area contributed by atoms with E-state index in [2.05, 4.69) is 18.8 Å². The topological polar surface area (TPSA) is 92.0 Å². The molecule has 0 saturated carbocycles. The van der Waals surface area contributed by atoms with Gasteiger partial charge < -0.3 is 9.51 Å². The molecule has 3 heterocycles. The highest BCUT2D eigenvalue weighted by Gasteiger charge is 2.38. The first-order valence-corrected chi connectivity index (χ1v) is 11.8. The zero-order valence-electron chi connectivity index (χ0n) is 21.8. The van der Waals surface area contributed by atoms with Crippen LogP contribution >= 0.6 is 0 Å². The molecule has 7 heteroatoms. The Morgan fingerprint density at radius 1 is 1.09 bits per heavy atom. The number of carbonyl (C=O) groups is 3. The van der Waals surface area contributed by atoms with Crippen LogP contribution in [-0.4, -0.2) is 39.2 Å². The van der Waals surface area contributed by atoms with E-state index in [1.165, 1.54) is 4.90 Å². The van der Waals surface area contributed by atoms with Crippen LogP contribution in [-0.2, 0) is 11.2 Å². The van der Waals surface area contributed by atoms with Gasteiger partial charge in [0.15, 0.2) is 5.78 Å². The van der Waals surface area contributed by atoms with Gasteiger partial charge >= 0.3 is 5.97 Å². The SMILES string of the molecule is CC(C)c1ccn2c(C(=O)N(C)c3ccccn3)c(CC(C)(C)C(=O)O)c(C(=O)C(C)(C)C)c2c1. The minimum Gasteiger partial charge on any atom is -0.481 e. The van der Waals surface area contributed by atoms with Gasteiger partial charge in [-0.15, -0.1) is 0 Å². The summed E-state index contributed by atoms with van der Waals surface area (Å²) in [5.74, 6) is -0.826. The number of ketones is 1. The molecule has 1 N–H and O–H groups in total. The number of fused-ring (bicyclic) bond motifs is 1. The van der Waals surface area contributed by atoms with Crippen LogP contribution in [0.1, 0.15) is 86.4 Å². The van der Waals surface area contributed by atoms with Crippen molar-refractivity contribution in [3.63, 3.8) is 0 Å². The normalized spacial score (nSPS) is 12.3. The molecule has 3 rings (SSSR count). The van der Waals surface area contributed by atoms with Crippen molar-refractivity contribution in [1.29, 1.82) is 0 Å². The largest absolute Gasteiger partial charge is 0.481 e. The summed E-state index contributed by atoms with van der Waals surface area (Å²) in [5.41, 5.74) is 0.857. The van der Waals surface area contributed by atoms with Gasteiger partial charge in [-0.3, -0.25) is 19.3 Å². The van der Waals surface area contributed by atoms with Gasteiger partial charge in [0, 0.05) is 30.4 Å². The van der Waals surface area contributed by atoms with E-state index in [4.69, 9.17) is 0 Å². The number of aromatic nitrogens is 2. The lowest BCUT2D eigenvalue weighted by molar-refractivity contribution is -0.146. The maximum Gasteiger partial charge on any atom is 0.309 e. The third-order valence-electron chi connectivity index (χ3n) is 6.34. The van der Waals surface area contributed by atoms with E-state index >= 15 is 0 Å². The number of hydrogen-bond donors (Lipinski definition) is 1. The number of pyridine rings is 2. The average molecular weight is 478 g/mol. The molecule has 0 aliphatic carbocycles. The molecule has 0 saturated heterocycles. The summed E-state index contributed by atoms with van der Waals surface area (Å²) >= 11 is 0. The molecule has 0 aliphatic heterocycles. The van der Waals surface area contributed by atoms with Crippen molar-refractivity contribution in [2.45, 2.75) is 60.8 Å². The molecular formula is C28H35N3O4. The number of carboxylic acid groups (broad SMARTS) is 1. The summed E-state index contributed by atoms with van der Waals surface area (Å²) in [6, 6.07) is 9.17. The highest BCUT2D eigenvalue weighted by molar-refractivity contribution is 6.13. The molecule has 0 atom stereocenters. The maximum atomic E-state index is 13.9. The van der Waals surface area contributed by atoms with Gasteiger partial charge in [-0.1, -0.05) is 40.7 Å². The van der Waals surface area contributed by atoms with Crippen LogP contribution in [0.5, 0.6) is 0 Å².